The number of benzene rings is 1. The van der Waals surface area contributed by atoms with Crippen molar-refractivity contribution in [2.75, 3.05) is 6.54 Å². The van der Waals surface area contributed by atoms with E-state index in [-0.39, 0.29) is 6.04 Å². The molecule has 1 aromatic rings. The van der Waals surface area contributed by atoms with Gasteiger partial charge in [-0.25, -0.2) is 0 Å². The average molecular weight is 217 g/mol. The second kappa shape index (κ2) is 5.80. The largest absolute Gasteiger partial charge is 0.302 e. The summed E-state index contributed by atoms with van der Waals surface area (Å²) in [6.45, 7) is 1.96. The lowest BCUT2D eigenvalue weighted by atomic mass is 10.1. The Labute approximate surface area is 97.3 Å². The molecule has 1 unspecified atom stereocenters. The Kier molecular flexibility index (Phi) is 4.11. The summed E-state index contributed by atoms with van der Waals surface area (Å²) in [4.78, 5) is 13.4. The van der Waals surface area contributed by atoms with Gasteiger partial charge in [0, 0.05) is 6.54 Å². The zero-order valence-corrected chi connectivity index (χ0v) is 9.64. The first-order valence-electron chi connectivity index (χ1n) is 6.13. The van der Waals surface area contributed by atoms with Crippen LogP contribution in [0.2, 0.25) is 0 Å². The van der Waals surface area contributed by atoms with Gasteiger partial charge >= 0.3 is 0 Å². The second-order valence-electron chi connectivity index (χ2n) is 4.51. The minimum atomic E-state index is 0.128. The molecule has 0 amide bonds. The first kappa shape index (κ1) is 11.3. The highest BCUT2D eigenvalue weighted by Gasteiger charge is 2.19. The van der Waals surface area contributed by atoms with Gasteiger partial charge in [-0.15, -0.1) is 0 Å². The molecule has 0 N–H and O–H groups in total. The van der Waals surface area contributed by atoms with Gasteiger partial charge in [0.2, 0.25) is 0 Å². The van der Waals surface area contributed by atoms with Gasteiger partial charge in [0.25, 0.3) is 0 Å². The monoisotopic (exact) mass is 217 g/mol. The van der Waals surface area contributed by atoms with Crippen LogP contribution in [0.3, 0.4) is 0 Å². The molecule has 16 heavy (non-hydrogen) atoms. The normalized spacial score (nSPS) is 22.6. The van der Waals surface area contributed by atoms with Gasteiger partial charge in [-0.05, 0) is 24.9 Å². The smallest absolute Gasteiger partial charge is 0.137 e. The van der Waals surface area contributed by atoms with Crippen molar-refractivity contribution in [2.24, 2.45) is 0 Å². The third-order valence-corrected chi connectivity index (χ3v) is 3.30. The maximum absolute atomic E-state index is 11.1. The topological polar surface area (TPSA) is 20.3 Å². The Morgan fingerprint density at radius 3 is 2.75 bits per heavy atom. The van der Waals surface area contributed by atoms with E-state index >= 15 is 0 Å². The fraction of sp³-hybridized carbons (Fsp3) is 0.500. The van der Waals surface area contributed by atoms with Crippen molar-refractivity contribution < 1.29 is 4.79 Å². The fourth-order valence-electron chi connectivity index (χ4n) is 2.36. The zero-order valence-electron chi connectivity index (χ0n) is 9.64. The summed E-state index contributed by atoms with van der Waals surface area (Å²) >= 11 is 0. The van der Waals surface area contributed by atoms with Crippen LogP contribution in [0.5, 0.6) is 0 Å². The predicted molar refractivity (Wildman–Crippen MR) is 65.2 cm³/mol. The molecule has 0 radical (unpaired) electrons. The fourth-order valence-corrected chi connectivity index (χ4v) is 2.36. The molecule has 0 aromatic heterocycles. The van der Waals surface area contributed by atoms with Crippen LogP contribution in [0.4, 0.5) is 0 Å². The van der Waals surface area contributed by atoms with E-state index in [1.54, 1.807) is 0 Å². The van der Waals surface area contributed by atoms with Crippen LogP contribution >= 0.6 is 0 Å². The minimum Gasteiger partial charge on any atom is -0.302 e. The summed E-state index contributed by atoms with van der Waals surface area (Å²) < 4.78 is 0. The highest BCUT2D eigenvalue weighted by Crippen LogP contribution is 2.17. The highest BCUT2D eigenvalue weighted by molar-refractivity contribution is 5.57. The van der Waals surface area contributed by atoms with Gasteiger partial charge in [0.1, 0.15) is 6.29 Å². The molecule has 0 saturated carbocycles. The van der Waals surface area contributed by atoms with Crippen LogP contribution in [-0.2, 0) is 11.3 Å². The van der Waals surface area contributed by atoms with E-state index in [0.29, 0.717) is 0 Å². The van der Waals surface area contributed by atoms with E-state index in [4.69, 9.17) is 0 Å². The van der Waals surface area contributed by atoms with E-state index in [1.807, 2.05) is 6.07 Å². The molecular weight excluding hydrogens is 198 g/mol. The lowest BCUT2D eigenvalue weighted by Crippen LogP contribution is -2.35. The van der Waals surface area contributed by atoms with Gasteiger partial charge in [-0.3, -0.25) is 4.90 Å². The number of likely N-dealkylation sites (tertiary alicyclic amines) is 1. The van der Waals surface area contributed by atoms with Crippen LogP contribution < -0.4 is 0 Å². The lowest BCUT2D eigenvalue weighted by Gasteiger charge is -2.25. The Balaban J connectivity index is 2.03. The van der Waals surface area contributed by atoms with Gasteiger partial charge < -0.3 is 4.79 Å². The summed E-state index contributed by atoms with van der Waals surface area (Å²) in [5.41, 5.74) is 1.30. The quantitative estimate of drug-likeness (QED) is 0.725. The number of aldehydes is 1. The van der Waals surface area contributed by atoms with Crippen LogP contribution in [0.15, 0.2) is 30.3 Å². The SMILES string of the molecule is O=CC1CCCCCN1Cc1ccccc1. The molecule has 0 aliphatic carbocycles. The molecule has 1 aliphatic rings. The third-order valence-electron chi connectivity index (χ3n) is 3.30. The maximum Gasteiger partial charge on any atom is 0.137 e. The Hall–Kier alpha value is -1.15. The summed E-state index contributed by atoms with van der Waals surface area (Å²) in [5.74, 6) is 0. The maximum atomic E-state index is 11.1. The molecular formula is C14H19NO. The molecule has 1 saturated heterocycles. The number of nitrogens with zero attached hydrogens (tertiary/aromatic N) is 1. The molecule has 86 valence electrons. The molecule has 2 heteroatoms. The molecule has 0 bridgehead atoms. The Morgan fingerprint density at radius 2 is 2.00 bits per heavy atom. The minimum absolute atomic E-state index is 0.128. The zero-order chi connectivity index (χ0) is 11.2. The van der Waals surface area contributed by atoms with E-state index in [1.165, 1.54) is 24.8 Å². The first-order valence-corrected chi connectivity index (χ1v) is 6.13. The van der Waals surface area contributed by atoms with Crippen molar-refractivity contribution in [3.63, 3.8) is 0 Å². The number of hydrogen-bond donors (Lipinski definition) is 0. The Morgan fingerprint density at radius 1 is 1.19 bits per heavy atom. The average Bonchev–Trinajstić information content (AvgIpc) is 2.55. The molecule has 1 atom stereocenters. The highest BCUT2D eigenvalue weighted by atomic mass is 16.1. The molecule has 2 nitrogen and oxygen atoms in total. The molecule has 1 aromatic carbocycles. The summed E-state index contributed by atoms with van der Waals surface area (Å²) in [5, 5.41) is 0. The van der Waals surface area contributed by atoms with Crippen molar-refractivity contribution >= 4 is 6.29 Å². The van der Waals surface area contributed by atoms with Crippen LogP contribution in [-0.4, -0.2) is 23.8 Å². The van der Waals surface area contributed by atoms with Gasteiger partial charge in [-0.2, -0.15) is 0 Å². The lowest BCUT2D eigenvalue weighted by molar-refractivity contribution is -0.112. The van der Waals surface area contributed by atoms with Crippen molar-refractivity contribution in [1.82, 2.24) is 4.90 Å². The summed E-state index contributed by atoms with van der Waals surface area (Å²) in [6, 6.07) is 10.5. The third kappa shape index (κ3) is 2.92. The summed E-state index contributed by atoms with van der Waals surface area (Å²) in [7, 11) is 0. The second-order valence-corrected chi connectivity index (χ2v) is 4.51. The van der Waals surface area contributed by atoms with Crippen molar-refractivity contribution in [2.45, 2.75) is 38.3 Å². The van der Waals surface area contributed by atoms with Crippen molar-refractivity contribution in [3.05, 3.63) is 35.9 Å². The van der Waals surface area contributed by atoms with Gasteiger partial charge in [0.15, 0.2) is 0 Å². The molecule has 1 aliphatic heterocycles. The van der Waals surface area contributed by atoms with E-state index in [0.717, 1.165) is 25.8 Å². The number of rotatable bonds is 3. The van der Waals surface area contributed by atoms with Crippen LogP contribution in [0.25, 0.3) is 0 Å². The molecule has 1 fully saturated rings. The van der Waals surface area contributed by atoms with E-state index in [2.05, 4.69) is 29.2 Å². The van der Waals surface area contributed by atoms with Crippen molar-refractivity contribution in [3.8, 4) is 0 Å². The molecule has 0 spiro atoms. The van der Waals surface area contributed by atoms with Gasteiger partial charge in [-0.1, -0.05) is 43.2 Å². The van der Waals surface area contributed by atoms with Crippen LogP contribution in [0.1, 0.15) is 31.2 Å². The van der Waals surface area contributed by atoms with Crippen LogP contribution in [0, 0.1) is 0 Å². The number of hydrogen-bond acceptors (Lipinski definition) is 2. The predicted octanol–water partition coefficient (Wildman–Crippen LogP) is 2.63. The van der Waals surface area contributed by atoms with Gasteiger partial charge in [0.05, 0.1) is 6.04 Å². The number of carbonyl (C=O) groups is 1. The molecule has 1 heterocycles. The summed E-state index contributed by atoms with van der Waals surface area (Å²) in [6.07, 6.45) is 5.81. The molecule has 2 rings (SSSR count). The van der Waals surface area contributed by atoms with E-state index < -0.39 is 0 Å². The number of carbonyl (C=O) groups excluding carboxylic acids is 1. The standard InChI is InChI=1S/C14H19NO/c16-12-14-9-5-2-6-10-15(14)11-13-7-3-1-4-8-13/h1,3-4,7-8,12,14H,2,5-6,9-11H2. The first-order chi connectivity index (χ1) is 7.90. The van der Waals surface area contributed by atoms with E-state index in [9.17, 15) is 4.79 Å². The van der Waals surface area contributed by atoms with Crippen molar-refractivity contribution in [1.29, 1.82) is 0 Å². The Bertz CT molecular complexity index is 323.